The molecule has 56 valence electrons. The normalized spacial score (nSPS) is 16.6. The van der Waals surface area contributed by atoms with Gasteiger partial charge in [0.2, 0.25) is 0 Å². The van der Waals surface area contributed by atoms with Crippen LogP contribution in [-0.2, 0) is 6.98 Å². The molecule has 0 spiro atoms. The minimum absolute atomic E-state index is 0.449. The number of hydrogen-bond donors (Lipinski definition) is 0. The molecule has 0 aromatic carbocycles. The highest BCUT2D eigenvalue weighted by molar-refractivity contribution is 9.10. The third-order valence-electron chi connectivity index (χ3n) is 1.12. The lowest BCUT2D eigenvalue weighted by Gasteiger charge is -2.03. The Morgan fingerprint density at radius 1 is 1.80 bits per heavy atom. The van der Waals surface area contributed by atoms with E-state index in [1.54, 1.807) is 6.07 Å². The molecule has 1 aromatic rings. The van der Waals surface area contributed by atoms with Crippen LogP contribution in [0, 0.1) is 0 Å². The Kier molecular flexibility index (Phi) is 1.47. The van der Waals surface area contributed by atoms with Crippen molar-refractivity contribution in [3.8, 4) is 0 Å². The van der Waals surface area contributed by atoms with Gasteiger partial charge < -0.3 is 0 Å². The molecule has 0 amide bonds. The van der Waals surface area contributed by atoms with Crippen LogP contribution in [0.15, 0.2) is 10.7 Å². The van der Waals surface area contributed by atoms with Crippen molar-refractivity contribution in [3.05, 3.63) is 10.7 Å². The first-order valence-electron chi connectivity index (χ1n) is 4.26. The Bertz CT molecular complexity index is 307. The van der Waals surface area contributed by atoms with Gasteiger partial charge in [0.05, 0.1) is 5.44 Å². The summed E-state index contributed by atoms with van der Waals surface area (Å²) in [5, 5.41) is 3.89. The summed E-state index contributed by atoms with van der Waals surface area (Å²) in [7, 11) is -0.449. The molecule has 0 bridgehead atoms. The topological polar surface area (TPSA) is 17.8 Å². The summed E-state index contributed by atoms with van der Waals surface area (Å²) in [6.07, 6.45) is 0. The fourth-order valence-electron chi connectivity index (χ4n) is 0.662. The maximum absolute atomic E-state index is 7.24. The molecule has 0 unspecified atom stereocenters. The summed E-state index contributed by atoms with van der Waals surface area (Å²) >= 11 is 3.17. The van der Waals surface area contributed by atoms with E-state index in [4.69, 9.17) is 4.11 Å². The quantitative estimate of drug-likeness (QED) is 0.661. The van der Waals surface area contributed by atoms with Crippen LogP contribution >= 0.6 is 23.9 Å². The van der Waals surface area contributed by atoms with Crippen molar-refractivity contribution in [3.63, 3.8) is 0 Å². The van der Waals surface area contributed by atoms with Gasteiger partial charge in [0, 0.05) is 11.1 Å². The van der Waals surface area contributed by atoms with Crippen LogP contribution in [0.4, 0.5) is 0 Å². The van der Waals surface area contributed by atoms with Crippen molar-refractivity contribution < 1.29 is 4.11 Å². The Hall–Kier alpha value is 0.120. The van der Waals surface area contributed by atoms with Gasteiger partial charge in [0.25, 0.3) is 0 Å². The number of halogens is 1. The molecule has 0 radical (unpaired) electrons. The molecule has 0 atom stereocenters. The van der Waals surface area contributed by atoms with E-state index in [-0.39, 0.29) is 0 Å². The van der Waals surface area contributed by atoms with E-state index >= 15 is 0 Å². The SMILES string of the molecule is [2H]C([2H])([2H])n1nc(Br)cc1P(C)C. The zero-order valence-corrected chi connectivity index (χ0v) is 8.28. The van der Waals surface area contributed by atoms with Gasteiger partial charge >= 0.3 is 0 Å². The van der Waals surface area contributed by atoms with Crippen molar-refractivity contribution in [2.24, 2.45) is 6.98 Å². The molecular weight excluding hydrogens is 211 g/mol. The second kappa shape index (κ2) is 3.02. The van der Waals surface area contributed by atoms with E-state index in [1.807, 2.05) is 13.3 Å². The maximum atomic E-state index is 7.24. The zero-order chi connectivity index (χ0) is 10.2. The number of rotatable bonds is 1. The largest absolute Gasteiger partial charge is 0.267 e. The van der Waals surface area contributed by atoms with Gasteiger partial charge in [-0.3, -0.25) is 4.68 Å². The highest BCUT2D eigenvalue weighted by Gasteiger charge is 2.04. The highest BCUT2D eigenvalue weighted by atomic mass is 79.9. The van der Waals surface area contributed by atoms with Crippen molar-refractivity contribution in [1.82, 2.24) is 9.78 Å². The molecule has 2 nitrogen and oxygen atoms in total. The molecule has 0 aliphatic heterocycles. The Morgan fingerprint density at radius 3 is 2.90 bits per heavy atom. The van der Waals surface area contributed by atoms with Crippen LogP contribution in [0.25, 0.3) is 0 Å². The fourth-order valence-corrected chi connectivity index (χ4v) is 2.02. The summed E-state index contributed by atoms with van der Waals surface area (Å²) in [6, 6.07) is 1.76. The van der Waals surface area contributed by atoms with Gasteiger partial charge in [-0.05, 0) is 35.3 Å². The summed E-state index contributed by atoms with van der Waals surface area (Å²) in [4.78, 5) is 0. The monoisotopic (exact) mass is 223 g/mol. The highest BCUT2D eigenvalue weighted by Crippen LogP contribution is 2.24. The lowest BCUT2D eigenvalue weighted by molar-refractivity contribution is 0.782. The summed E-state index contributed by atoms with van der Waals surface area (Å²) in [6.45, 7) is 1.83. The second-order valence-corrected chi connectivity index (χ2v) is 5.19. The number of nitrogens with zero attached hydrogens (tertiary/aromatic N) is 2. The lowest BCUT2D eigenvalue weighted by atomic mass is 10.7. The van der Waals surface area contributed by atoms with Crippen LogP contribution < -0.4 is 5.44 Å². The van der Waals surface area contributed by atoms with E-state index in [0.717, 1.165) is 10.1 Å². The molecule has 1 rings (SSSR count). The molecule has 4 heteroatoms. The molecule has 1 aromatic heterocycles. The summed E-state index contributed by atoms with van der Waals surface area (Å²) in [5.41, 5.74) is 0.780. The van der Waals surface area contributed by atoms with Gasteiger partial charge in [-0.25, -0.2) is 0 Å². The third kappa shape index (κ3) is 1.58. The van der Waals surface area contributed by atoms with Gasteiger partial charge in [-0.2, -0.15) is 5.10 Å². The first-order chi connectivity index (χ1) is 5.82. The third-order valence-corrected chi connectivity index (χ3v) is 2.74. The molecular formula is C6H10BrN2P. The van der Waals surface area contributed by atoms with E-state index in [1.165, 1.54) is 0 Å². The second-order valence-electron chi connectivity index (χ2n) is 2.13. The predicted molar refractivity (Wildman–Crippen MR) is 49.3 cm³/mol. The minimum atomic E-state index is -2.17. The first kappa shape index (κ1) is 4.89. The Labute approximate surface area is 74.7 Å². The van der Waals surface area contributed by atoms with Gasteiger partial charge in [0.15, 0.2) is 0 Å². The van der Waals surface area contributed by atoms with Crippen LogP contribution in [0.3, 0.4) is 0 Å². The first-order valence-corrected chi connectivity index (χ1v) is 5.78. The Morgan fingerprint density at radius 2 is 2.50 bits per heavy atom. The zero-order valence-electron chi connectivity index (χ0n) is 8.80. The molecule has 0 fully saturated rings. The summed E-state index contributed by atoms with van der Waals surface area (Å²) < 4.78 is 23.4. The van der Waals surface area contributed by atoms with Crippen LogP contribution in [0.2, 0.25) is 0 Å². The maximum Gasteiger partial charge on any atom is 0.128 e. The molecule has 0 N–H and O–H groups in total. The van der Waals surface area contributed by atoms with Crippen LogP contribution in [-0.4, -0.2) is 23.1 Å². The number of hydrogen-bond acceptors (Lipinski definition) is 1. The smallest absolute Gasteiger partial charge is 0.128 e. The average molecular weight is 224 g/mol. The minimum Gasteiger partial charge on any atom is -0.267 e. The number of aryl methyl sites for hydroxylation is 1. The van der Waals surface area contributed by atoms with Crippen molar-refractivity contribution >= 4 is 29.3 Å². The Balaban J connectivity index is 3.20. The molecule has 0 aliphatic carbocycles. The molecule has 0 saturated carbocycles. The van der Waals surface area contributed by atoms with E-state index in [2.05, 4.69) is 21.0 Å². The standard InChI is InChI=1S/C6H10BrN2P/c1-9-6(10(2)3)4-5(7)8-9/h4H,1-3H3/i1D3. The van der Waals surface area contributed by atoms with Crippen LogP contribution in [0.1, 0.15) is 4.11 Å². The number of aromatic nitrogens is 2. The van der Waals surface area contributed by atoms with E-state index in [0.29, 0.717) is 4.60 Å². The summed E-state index contributed by atoms with van der Waals surface area (Å²) in [5.74, 6) is 0. The lowest BCUT2D eigenvalue weighted by Crippen LogP contribution is -2.10. The van der Waals surface area contributed by atoms with E-state index in [9.17, 15) is 0 Å². The molecule has 10 heavy (non-hydrogen) atoms. The van der Waals surface area contributed by atoms with Gasteiger partial charge in [-0.15, -0.1) is 0 Å². The molecule has 0 saturated heterocycles. The van der Waals surface area contributed by atoms with Gasteiger partial charge in [0.1, 0.15) is 4.60 Å². The fraction of sp³-hybridized carbons (Fsp3) is 0.500. The molecule has 0 aliphatic rings. The van der Waals surface area contributed by atoms with Crippen molar-refractivity contribution in [1.29, 1.82) is 0 Å². The van der Waals surface area contributed by atoms with Crippen molar-refractivity contribution in [2.75, 3.05) is 13.3 Å². The average Bonchev–Trinajstić information content (AvgIpc) is 2.29. The van der Waals surface area contributed by atoms with E-state index < -0.39 is 14.9 Å². The van der Waals surface area contributed by atoms with Gasteiger partial charge in [-0.1, -0.05) is 7.92 Å². The van der Waals surface area contributed by atoms with Crippen molar-refractivity contribution in [2.45, 2.75) is 0 Å². The predicted octanol–water partition coefficient (Wildman–Crippen LogP) is 1.55. The molecule has 1 heterocycles. The van der Waals surface area contributed by atoms with Crippen LogP contribution in [0.5, 0.6) is 0 Å².